The Hall–Kier alpha value is 0.310. The summed E-state index contributed by atoms with van der Waals surface area (Å²) in [6, 6.07) is 0. The van der Waals surface area contributed by atoms with Gasteiger partial charge in [0.15, 0.2) is 0 Å². The van der Waals surface area contributed by atoms with Crippen molar-refractivity contribution in [1.82, 2.24) is 0 Å². The van der Waals surface area contributed by atoms with Crippen LogP contribution in [0.25, 0.3) is 0 Å². The number of hydrogen-bond acceptors (Lipinski definition) is 2. The van der Waals surface area contributed by atoms with Crippen molar-refractivity contribution in [3.05, 3.63) is 6.61 Å². The number of thiol groups is 1. The average Bonchev–Trinajstić information content (AvgIpc) is 1.69. The minimum atomic E-state index is 0.258. The first-order chi connectivity index (χ1) is 3.39. The molecule has 1 aliphatic rings. The Balaban J connectivity index is 2.12. The highest BCUT2D eigenvalue weighted by atomic mass is 32.1. The summed E-state index contributed by atoms with van der Waals surface area (Å²) in [7, 11) is 0. The van der Waals surface area contributed by atoms with Crippen LogP contribution < -0.4 is 0 Å². The molecule has 1 aliphatic heterocycles. The summed E-state index contributed by atoms with van der Waals surface area (Å²) in [5.41, 5.74) is 0. The summed E-state index contributed by atoms with van der Waals surface area (Å²) < 4.78 is 4.86. The van der Waals surface area contributed by atoms with Crippen molar-refractivity contribution in [2.24, 2.45) is 0 Å². The van der Waals surface area contributed by atoms with E-state index in [9.17, 15) is 0 Å². The fourth-order valence-corrected chi connectivity index (χ4v) is 0.820. The maximum Gasteiger partial charge on any atom is 0.145 e. The first kappa shape index (κ1) is 5.45. The Morgan fingerprint density at radius 2 is 2.57 bits per heavy atom. The van der Waals surface area contributed by atoms with E-state index in [1.807, 2.05) is 0 Å². The van der Waals surface area contributed by atoms with Gasteiger partial charge < -0.3 is 4.74 Å². The lowest BCUT2D eigenvalue weighted by molar-refractivity contribution is 0.160. The molecule has 1 saturated heterocycles. The SMILES string of the molecule is SC1[C]OCCC1. The quantitative estimate of drug-likeness (QED) is 0.467. The molecule has 0 N–H and O–H groups in total. The topological polar surface area (TPSA) is 9.23 Å². The summed E-state index contributed by atoms with van der Waals surface area (Å²) in [5, 5.41) is 0.258. The summed E-state index contributed by atoms with van der Waals surface area (Å²) in [6.07, 6.45) is 2.24. The van der Waals surface area contributed by atoms with E-state index in [0.29, 0.717) is 0 Å². The molecule has 40 valence electrons. The first-order valence-corrected chi connectivity index (χ1v) is 2.96. The fourth-order valence-electron chi connectivity index (χ4n) is 0.563. The van der Waals surface area contributed by atoms with Gasteiger partial charge in [0.1, 0.15) is 6.61 Å². The molecule has 1 rings (SSSR count). The molecule has 1 fully saturated rings. The zero-order valence-corrected chi connectivity index (χ0v) is 4.95. The van der Waals surface area contributed by atoms with Gasteiger partial charge in [-0.05, 0) is 12.8 Å². The normalized spacial score (nSPS) is 33.0. The van der Waals surface area contributed by atoms with E-state index in [1.54, 1.807) is 0 Å². The van der Waals surface area contributed by atoms with Gasteiger partial charge in [-0.25, -0.2) is 0 Å². The Labute approximate surface area is 49.5 Å². The second-order valence-electron chi connectivity index (χ2n) is 1.62. The molecule has 1 heterocycles. The lowest BCUT2D eigenvalue weighted by Gasteiger charge is -2.14. The number of ether oxygens (including phenoxy) is 1. The zero-order valence-electron chi connectivity index (χ0n) is 4.05. The van der Waals surface area contributed by atoms with Crippen LogP contribution in [0, 0.1) is 6.61 Å². The van der Waals surface area contributed by atoms with E-state index in [4.69, 9.17) is 4.74 Å². The summed E-state index contributed by atoms with van der Waals surface area (Å²) in [6.45, 7) is 3.58. The van der Waals surface area contributed by atoms with Gasteiger partial charge in [0.25, 0.3) is 0 Å². The maximum absolute atomic E-state index is 4.86. The van der Waals surface area contributed by atoms with E-state index in [-0.39, 0.29) is 5.25 Å². The predicted molar refractivity (Wildman–Crippen MR) is 31.2 cm³/mol. The second-order valence-corrected chi connectivity index (χ2v) is 2.25. The highest BCUT2D eigenvalue weighted by molar-refractivity contribution is 7.81. The summed E-state index contributed by atoms with van der Waals surface area (Å²) in [4.78, 5) is 0. The Morgan fingerprint density at radius 1 is 1.71 bits per heavy atom. The standard InChI is InChI=1S/C5H8OS/c7-5-2-1-3-6-4-5/h5,7H,1-3H2. The van der Waals surface area contributed by atoms with Crippen LogP contribution in [0.4, 0.5) is 0 Å². The third-order valence-corrected chi connectivity index (χ3v) is 1.31. The summed E-state index contributed by atoms with van der Waals surface area (Å²) in [5.74, 6) is 0. The molecule has 0 spiro atoms. The molecule has 2 radical (unpaired) electrons. The van der Waals surface area contributed by atoms with Crippen molar-refractivity contribution < 1.29 is 4.74 Å². The van der Waals surface area contributed by atoms with Crippen molar-refractivity contribution in [1.29, 1.82) is 0 Å². The molecular weight excluding hydrogens is 108 g/mol. The maximum atomic E-state index is 4.86. The molecule has 0 saturated carbocycles. The molecule has 0 bridgehead atoms. The first-order valence-electron chi connectivity index (χ1n) is 2.45. The molecule has 0 aromatic carbocycles. The van der Waals surface area contributed by atoms with Crippen LogP contribution in [0.15, 0.2) is 0 Å². The van der Waals surface area contributed by atoms with Crippen LogP contribution in [-0.4, -0.2) is 11.9 Å². The molecule has 0 aromatic heterocycles. The van der Waals surface area contributed by atoms with Crippen LogP contribution in [0.1, 0.15) is 12.8 Å². The molecule has 0 amide bonds. The van der Waals surface area contributed by atoms with Crippen molar-refractivity contribution >= 4 is 12.6 Å². The Morgan fingerprint density at radius 3 is 2.86 bits per heavy atom. The Bertz CT molecular complexity index is 50.0. The van der Waals surface area contributed by atoms with Gasteiger partial charge >= 0.3 is 0 Å². The largest absolute Gasteiger partial charge is 0.367 e. The van der Waals surface area contributed by atoms with Gasteiger partial charge in [-0.15, -0.1) is 0 Å². The minimum absolute atomic E-state index is 0.258. The van der Waals surface area contributed by atoms with Gasteiger partial charge in [-0.3, -0.25) is 0 Å². The molecule has 7 heavy (non-hydrogen) atoms. The molecular formula is C5H8OS. The van der Waals surface area contributed by atoms with Crippen LogP contribution in [-0.2, 0) is 4.74 Å². The number of rotatable bonds is 0. The van der Waals surface area contributed by atoms with Crippen LogP contribution in [0.5, 0.6) is 0 Å². The van der Waals surface area contributed by atoms with Gasteiger partial charge in [0.05, 0.1) is 0 Å². The summed E-state index contributed by atoms with van der Waals surface area (Å²) >= 11 is 4.13. The monoisotopic (exact) mass is 116 g/mol. The van der Waals surface area contributed by atoms with Crippen molar-refractivity contribution in [3.63, 3.8) is 0 Å². The van der Waals surface area contributed by atoms with Gasteiger partial charge in [0.2, 0.25) is 0 Å². The second kappa shape index (κ2) is 2.58. The van der Waals surface area contributed by atoms with Crippen LogP contribution in [0.2, 0.25) is 0 Å². The Kier molecular flexibility index (Phi) is 2.00. The molecule has 1 nitrogen and oxygen atoms in total. The van der Waals surface area contributed by atoms with Gasteiger partial charge in [-0.1, -0.05) is 0 Å². The van der Waals surface area contributed by atoms with Gasteiger partial charge in [-0.2, -0.15) is 12.6 Å². The highest BCUT2D eigenvalue weighted by Gasteiger charge is 2.09. The predicted octanol–water partition coefficient (Wildman–Crippen LogP) is 1.13. The molecule has 1 atom stereocenters. The third-order valence-electron chi connectivity index (χ3n) is 0.943. The highest BCUT2D eigenvalue weighted by Crippen LogP contribution is 2.14. The lowest BCUT2D eigenvalue weighted by atomic mass is 10.2. The van der Waals surface area contributed by atoms with E-state index in [1.165, 1.54) is 0 Å². The van der Waals surface area contributed by atoms with Gasteiger partial charge in [0, 0.05) is 11.9 Å². The van der Waals surface area contributed by atoms with E-state index >= 15 is 0 Å². The molecule has 2 heteroatoms. The molecule has 0 aliphatic carbocycles. The van der Waals surface area contributed by atoms with E-state index < -0.39 is 0 Å². The van der Waals surface area contributed by atoms with E-state index in [0.717, 1.165) is 19.4 Å². The molecule has 1 unspecified atom stereocenters. The molecule has 0 aromatic rings. The minimum Gasteiger partial charge on any atom is -0.367 e. The fraction of sp³-hybridized carbons (Fsp3) is 0.800. The lowest BCUT2D eigenvalue weighted by Crippen LogP contribution is -2.11. The van der Waals surface area contributed by atoms with E-state index in [2.05, 4.69) is 19.2 Å². The van der Waals surface area contributed by atoms with Crippen LogP contribution >= 0.6 is 12.6 Å². The third kappa shape index (κ3) is 1.70. The van der Waals surface area contributed by atoms with Crippen molar-refractivity contribution in [2.45, 2.75) is 18.1 Å². The smallest absolute Gasteiger partial charge is 0.145 e. The van der Waals surface area contributed by atoms with Crippen molar-refractivity contribution in [2.75, 3.05) is 6.61 Å². The average molecular weight is 116 g/mol. The van der Waals surface area contributed by atoms with Crippen LogP contribution in [0.3, 0.4) is 0 Å². The van der Waals surface area contributed by atoms with Crippen molar-refractivity contribution in [3.8, 4) is 0 Å². The zero-order chi connectivity index (χ0) is 5.11. The number of hydrogen-bond donors (Lipinski definition) is 1.